The highest BCUT2D eigenvalue weighted by molar-refractivity contribution is 6.02. The Bertz CT molecular complexity index is 673. The molecule has 22 heavy (non-hydrogen) atoms. The van der Waals surface area contributed by atoms with E-state index in [1.807, 2.05) is 13.8 Å². The number of hydrogen-bond donors (Lipinski definition) is 1. The van der Waals surface area contributed by atoms with Crippen LogP contribution in [0.25, 0.3) is 0 Å². The molecule has 1 aromatic carbocycles. The molecular formula is C17H18N2O3. The Morgan fingerprint density at radius 1 is 1.05 bits per heavy atom. The summed E-state index contributed by atoms with van der Waals surface area (Å²) in [6.07, 6.45) is 0. The van der Waals surface area contributed by atoms with Crippen LogP contribution in [-0.2, 0) is 0 Å². The van der Waals surface area contributed by atoms with Crippen LogP contribution in [0.15, 0.2) is 36.4 Å². The minimum atomic E-state index is -0.282. The van der Waals surface area contributed by atoms with Crippen LogP contribution in [0.5, 0.6) is 5.75 Å². The molecule has 5 heteroatoms. The average molecular weight is 298 g/mol. The zero-order chi connectivity index (χ0) is 16.1. The molecule has 114 valence electrons. The molecule has 0 saturated carbocycles. The van der Waals surface area contributed by atoms with E-state index < -0.39 is 0 Å². The van der Waals surface area contributed by atoms with Gasteiger partial charge in [-0.3, -0.25) is 14.6 Å². The second-order valence-corrected chi connectivity index (χ2v) is 4.97. The van der Waals surface area contributed by atoms with Crippen LogP contribution in [0.2, 0.25) is 0 Å². The van der Waals surface area contributed by atoms with Crippen molar-refractivity contribution in [3.05, 3.63) is 58.9 Å². The number of aromatic nitrogens is 1. The molecule has 5 nitrogen and oxygen atoms in total. The van der Waals surface area contributed by atoms with E-state index in [0.29, 0.717) is 16.9 Å². The summed E-state index contributed by atoms with van der Waals surface area (Å²) in [5.74, 6) is 0.247. The van der Waals surface area contributed by atoms with Gasteiger partial charge in [-0.25, -0.2) is 0 Å². The van der Waals surface area contributed by atoms with Gasteiger partial charge in [0.2, 0.25) is 0 Å². The predicted octanol–water partition coefficient (Wildman–Crippen LogP) is 2.32. The Morgan fingerprint density at radius 2 is 1.64 bits per heavy atom. The maximum Gasteiger partial charge on any atom is 0.251 e. The number of carbonyl (C=O) groups excluding carboxylic acids is 2. The Labute approximate surface area is 129 Å². The average Bonchev–Trinajstić information content (AvgIpc) is 2.51. The summed E-state index contributed by atoms with van der Waals surface area (Å²) >= 11 is 0. The Hall–Kier alpha value is -2.69. The molecule has 0 radical (unpaired) electrons. The van der Waals surface area contributed by atoms with Gasteiger partial charge in [0.25, 0.3) is 5.91 Å². The van der Waals surface area contributed by atoms with Gasteiger partial charge in [0.15, 0.2) is 5.78 Å². The lowest BCUT2D eigenvalue weighted by molar-refractivity contribution is 0.0904. The van der Waals surface area contributed by atoms with Crippen molar-refractivity contribution >= 4 is 11.7 Å². The molecule has 0 bridgehead atoms. The third-order valence-corrected chi connectivity index (χ3v) is 3.17. The van der Waals surface area contributed by atoms with Crippen LogP contribution in [0.3, 0.4) is 0 Å². The molecule has 0 aliphatic rings. The van der Waals surface area contributed by atoms with Crippen molar-refractivity contribution in [2.75, 3.05) is 13.7 Å². The summed E-state index contributed by atoms with van der Waals surface area (Å²) in [6, 6.07) is 10.2. The van der Waals surface area contributed by atoms with Gasteiger partial charge in [0, 0.05) is 22.5 Å². The zero-order valence-electron chi connectivity index (χ0n) is 12.8. The van der Waals surface area contributed by atoms with E-state index in [1.54, 1.807) is 43.5 Å². The number of benzene rings is 1. The summed E-state index contributed by atoms with van der Waals surface area (Å²) in [5.41, 5.74) is 2.58. The van der Waals surface area contributed by atoms with Gasteiger partial charge in [-0.2, -0.15) is 0 Å². The van der Waals surface area contributed by atoms with E-state index in [-0.39, 0.29) is 18.2 Å². The smallest absolute Gasteiger partial charge is 0.251 e. The molecule has 2 aromatic rings. The zero-order valence-corrected chi connectivity index (χ0v) is 12.8. The third kappa shape index (κ3) is 3.91. The van der Waals surface area contributed by atoms with Crippen molar-refractivity contribution in [1.29, 1.82) is 0 Å². The van der Waals surface area contributed by atoms with E-state index in [9.17, 15) is 9.59 Å². The van der Waals surface area contributed by atoms with E-state index >= 15 is 0 Å². The third-order valence-electron chi connectivity index (χ3n) is 3.17. The standard InChI is InChI=1S/C17H18N2O3/c1-11-8-14(9-12(2)19-11)17(21)18-10-16(20)13-4-6-15(22-3)7-5-13/h4-9H,10H2,1-3H3,(H,18,21). The first-order valence-corrected chi connectivity index (χ1v) is 6.90. The summed E-state index contributed by atoms with van der Waals surface area (Å²) in [6.45, 7) is 3.60. The monoisotopic (exact) mass is 298 g/mol. The molecule has 0 unspecified atom stereocenters. The number of nitrogens with one attached hydrogen (secondary N) is 1. The second kappa shape index (κ2) is 6.85. The molecule has 0 atom stereocenters. The molecular weight excluding hydrogens is 280 g/mol. The highest BCUT2D eigenvalue weighted by atomic mass is 16.5. The minimum absolute atomic E-state index is 0.0500. The number of ketones is 1. The molecule has 2 rings (SSSR count). The summed E-state index contributed by atoms with van der Waals surface area (Å²) in [5, 5.41) is 2.63. The lowest BCUT2D eigenvalue weighted by Crippen LogP contribution is -2.29. The lowest BCUT2D eigenvalue weighted by Gasteiger charge is -2.07. The van der Waals surface area contributed by atoms with Gasteiger partial charge in [0.1, 0.15) is 5.75 Å². The lowest BCUT2D eigenvalue weighted by atomic mass is 10.1. The van der Waals surface area contributed by atoms with Crippen molar-refractivity contribution in [2.24, 2.45) is 0 Å². The topological polar surface area (TPSA) is 68.3 Å². The summed E-state index contributed by atoms with van der Waals surface area (Å²) in [7, 11) is 1.57. The fraction of sp³-hybridized carbons (Fsp3) is 0.235. The summed E-state index contributed by atoms with van der Waals surface area (Å²) in [4.78, 5) is 28.3. The highest BCUT2D eigenvalue weighted by Gasteiger charge is 2.11. The van der Waals surface area contributed by atoms with Gasteiger partial charge >= 0.3 is 0 Å². The minimum Gasteiger partial charge on any atom is -0.497 e. The van der Waals surface area contributed by atoms with E-state index in [1.165, 1.54) is 0 Å². The molecule has 0 aliphatic carbocycles. The van der Waals surface area contributed by atoms with Gasteiger partial charge < -0.3 is 10.1 Å². The first-order valence-electron chi connectivity index (χ1n) is 6.90. The van der Waals surface area contributed by atoms with E-state index in [0.717, 1.165) is 11.4 Å². The first-order chi connectivity index (χ1) is 10.5. The Balaban J connectivity index is 1.99. The predicted molar refractivity (Wildman–Crippen MR) is 83.4 cm³/mol. The fourth-order valence-electron chi connectivity index (χ4n) is 2.11. The van der Waals surface area contributed by atoms with Crippen LogP contribution in [0.1, 0.15) is 32.1 Å². The number of amides is 1. The van der Waals surface area contributed by atoms with Crippen molar-refractivity contribution in [3.8, 4) is 5.75 Å². The first kappa shape index (κ1) is 15.7. The van der Waals surface area contributed by atoms with Crippen LogP contribution >= 0.6 is 0 Å². The molecule has 1 N–H and O–H groups in total. The maximum absolute atomic E-state index is 12.1. The fourth-order valence-corrected chi connectivity index (χ4v) is 2.11. The Kier molecular flexibility index (Phi) is 4.88. The number of Topliss-reactive ketones (excluding diaryl/α,β-unsaturated/α-hetero) is 1. The number of aryl methyl sites for hydroxylation is 2. The van der Waals surface area contributed by atoms with Gasteiger partial charge in [-0.1, -0.05) is 0 Å². The van der Waals surface area contributed by atoms with E-state index in [4.69, 9.17) is 4.74 Å². The largest absolute Gasteiger partial charge is 0.497 e. The quantitative estimate of drug-likeness (QED) is 0.860. The molecule has 1 aromatic heterocycles. The van der Waals surface area contributed by atoms with Crippen molar-refractivity contribution < 1.29 is 14.3 Å². The Morgan fingerprint density at radius 3 is 2.18 bits per heavy atom. The van der Waals surface area contributed by atoms with Crippen LogP contribution in [0.4, 0.5) is 0 Å². The van der Waals surface area contributed by atoms with Crippen molar-refractivity contribution in [1.82, 2.24) is 10.3 Å². The molecule has 1 amide bonds. The molecule has 0 spiro atoms. The van der Waals surface area contributed by atoms with Crippen molar-refractivity contribution in [2.45, 2.75) is 13.8 Å². The van der Waals surface area contributed by atoms with Gasteiger partial charge in [-0.05, 0) is 50.2 Å². The highest BCUT2D eigenvalue weighted by Crippen LogP contribution is 2.11. The van der Waals surface area contributed by atoms with Gasteiger partial charge in [-0.15, -0.1) is 0 Å². The molecule has 0 saturated heterocycles. The number of pyridine rings is 1. The van der Waals surface area contributed by atoms with Crippen LogP contribution in [0, 0.1) is 13.8 Å². The number of methoxy groups -OCH3 is 1. The van der Waals surface area contributed by atoms with Crippen LogP contribution < -0.4 is 10.1 Å². The number of rotatable bonds is 5. The van der Waals surface area contributed by atoms with Crippen LogP contribution in [-0.4, -0.2) is 30.3 Å². The van der Waals surface area contributed by atoms with Gasteiger partial charge in [0.05, 0.1) is 13.7 Å². The number of carbonyl (C=O) groups is 2. The van der Waals surface area contributed by atoms with E-state index in [2.05, 4.69) is 10.3 Å². The van der Waals surface area contributed by atoms with Crippen molar-refractivity contribution in [3.63, 3.8) is 0 Å². The number of nitrogens with zero attached hydrogens (tertiary/aromatic N) is 1. The normalized spacial score (nSPS) is 10.1. The molecule has 0 fully saturated rings. The number of ether oxygens (including phenoxy) is 1. The number of hydrogen-bond acceptors (Lipinski definition) is 4. The molecule has 0 aliphatic heterocycles. The maximum atomic E-state index is 12.1. The molecule has 1 heterocycles. The summed E-state index contributed by atoms with van der Waals surface area (Å²) < 4.78 is 5.04. The second-order valence-electron chi connectivity index (χ2n) is 4.97. The SMILES string of the molecule is COc1ccc(C(=O)CNC(=O)c2cc(C)nc(C)c2)cc1.